The second-order valence-corrected chi connectivity index (χ2v) is 9.39. The minimum Gasteiger partial charge on any atom is -0.421 e. The molecule has 1 fully saturated rings. The van der Waals surface area contributed by atoms with Crippen LogP contribution < -0.4 is 0 Å². The maximum absolute atomic E-state index is 9.80. The number of piperidine rings is 1. The average molecular weight is 411 g/mol. The number of allylic oxidation sites excluding steroid dienone is 1. The van der Waals surface area contributed by atoms with E-state index in [1.165, 1.54) is 5.57 Å². The van der Waals surface area contributed by atoms with E-state index in [4.69, 9.17) is 4.42 Å². The zero-order valence-electron chi connectivity index (χ0n) is 18.4. The fourth-order valence-electron chi connectivity index (χ4n) is 5.04. The molecule has 2 aromatic rings. The van der Waals surface area contributed by atoms with Gasteiger partial charge in [-0.2, -0.15) is 0 Å². The highest BCUT2D eigenvalue weighted by Crippen LogP contribution is 2.39. The Hall–Kier alpha value is -2.05. The molecule has 3 heterocycles. The third-order valence-corrected chi connectivity index (χ3v) is 6.93. The first-order valence-electron chi connectivity index (χ1n) is 11.3. The van der Waals surface area contributed by atoms with Gasteiger partial charge in [0.25, 0.3) is 0 Å². The maximum atomic E-state index is 9.80. The van der Waals surface area contributed by atoms with Crippen LogP contribution in [0, 0.1) is 23.7 Å². The van der Waals surface area contributed by atoms with Crippen LogP contribution in [-0.2, 0) is 6.42 Å². The van der Waals surface area contributed by atoms with Crippen molar-refractivity contribution < 1.29 is 9.52 Å². The lowest BCUT2D eigenvalue weighted by molar-refractivity contribution is 0.0670. The molecule has 0 saturated carbocycles. The largest absolute Gasteiger partial charge is 0.421 e. The van der Waals surface area contributed by atoms with E-state index in [9.17, 15) is 5.11 Å². The number of pyridine rings is 1. The lowest BCUT2D eigenvalue weighted by Crippen LogP contribution is -2.42. The van der Waals surface area contributed by atoms with Crippen molar-refractivity contribution >= 4 is 0 Å². The van der Waals surface area contributed by atoms with Crippen molar-refractivity contribution in [2.75, 3.05) is 19.6 Å². The summed E-state index contributed by atoms with van der Waals surface area (Å²) in [4.78, 5) is 6.58. The number of likely N-dealkylation sites (tertiary alicyclic amines) is 1. The van der Waals surface area contributed by atoms with Crippen molar-refractivity contribution in [2.24, 2.45) is 23.7 Å². The van der Waals surface area contributed by atoms with E-state index in [1.54, 1.807) is 12.4 Å². The Kier molecular flexibility index (Phi) is 6.64. The molecular weight excluding hydrogens is 376 g/mol. The second kappa shape index (κ2) is 9.40. The molecule has 1 aliphatic heterocycles. The number of rotatable bonds is 6. The Labute approximate surface area is 179 Å². The monoisotopic (exact) mass is 410 g/mol. The molecule has 3 atom stereocenters. The van der Waals surface area contributed by atoms with Gasteiger partial charge in [0.15, 0.2) is 0 Å². The molecule has 6 heteroatoms. The second-order valence-electron chi connectivity index (χ2n) is 9.39. The van der Waals surface area contributed by atoms with E-state index in [1.807, 2.05) is 12.1 Å². The van der Waals surface area contributed by atoms with Gasteiger partial charge in [-0.3, -0.25) is 4.98 Å². The lowest BCUT2D eigenvalue weighted by atomic mass is 9.69. The highest BCUT2D eigenvalue weighted by molar-refractivity contribution is 5.50. The Morgan fingerprint density at radius 1 is 1.17 bits per heavy atom. The lowest BCUT2D eigenvalue weighted by Gasteiger charge is -2.40. The third-order valence-electron chi connectivity index (χ3n) is 6.93. The summed E-state index contributed by atoms with van der Waals surface area (Å²) in [6.07, 6.45) is 9.64. The molecule has 0 aromatic carbocycles. The quantitative estimate of drug-likeness (QED) is 0.726. The van der Waals surface area contributed by atoms with E-state index in [0.717, 1.165) is 50.9 Å². The fourth-order valence-corrected chi connectivity index (χ4v) is 5.04. The number of hydrogen-bond donors (Lipinski definition) is 1. The van der Waals surface area contributed by atoms with Crippen molar-refractivity contribution in [3.8, 4) is 11.5 Å². The van der Waals surface area contributed by atoms with E-state index >= 15 is 0 Å². The SMILES string of the molecule is CC1=C[C@@H](CN2CCC(O)CC2)[C@H](C(C)C)C[C@H]1Cc1nnc(-c2ccncc2)o1. The van der Waals surface area contributed by atoms with Gasteiger partial charge >= 0.3 is 0 Å². The van der Waals surface area contributed by atoms with E-state index in [2.05, 4.69) is 46.9 Å². The highest BCUT2D eigenvalue weighted by atomic mass is 16.4. The highest BCUT2D eigenvalue weighted by Gasteiger charge is 2.34. The van der Waals surface area contributed by atoms with E-state index in [0.29, 0.717) is 35.5 Å². The number of aromatic nitrogens is 3. The summed E-state index contributed by atoms with van der Waals surface area (Å²) in [6.45, 7) is 10.1. The molecule has 1 saturated heterocycles. The molecule has 0 amide bonds. The van der Waals surface area contributed by atoms with Crippen LogP contribution in [0.1, 0.15) is 45.9 Å². The molecule has 162 valence electrons. The summed E-state index contributed by atoms with van der Waals surface area (Å²) in [7, 11) is 0. The zero-order chi connectivity index (χ0) is 21.1. The Morgan fingerprint density at radius 3 is 2.60 bits per heavy atom. The average Bonchev–Trinajstić information content (AvgIpc) is 3.21. The van der Waals surface area contributed by atoms with Gasteiger partial charge in [-0.25, -0.2) is 0 Å². The summed E-state index contributed by atoms with van der Waals surface area (Å²) in [5, 5.41) is 18.4. The van der Waals surface area contributed by atoms with Gasteiger partial charge in [0, 0.05) is 44.0 Å². The van der Waals surface area contributed by atoms with Crippen LogP contribution >= 0.6 is 0 Å². The van der Waals surface area contributed by atoms with Crippen LogP contribution in [0.3, 0.4) is 0 Å². The Balaban J connectivity index is 1.44. The number of aliphatic hydroxyl groups is 1. The van der Waals surface area contributed by atoms with Gasteiger partial charge in [0.1, 0.15) is 0 Å². The van der Waals surface area contributed by atoms with E-state index < -0.39 is 0 Å². The van der Waals surface area contributed by atoms with Crippen LogP contribution in [0.25, 0.3) is 11.5 Å². The molecule has 1 N–H and O–H groups in total. The molecule has 30 heavy (non-hydrogen) atoms. The predicted octanol–water partition coefficient (Wildman–Crippen LogP) is 3.99. The van der Waals surface area contributed by atoms with E-state index in [-0.39, 0.29) is 6.10 Å². The summed E-state index contributed by atoms with van der Waals surface area (Å²) in [5.74, 6) is 3.58. The first-order chi connectivity index (χ1) is 14.5. The Bertz CT molecular complexity index is 840. The molecule has 0 spiro atoms. The van der Waals surface area contributed by atoms with Gasteiger partial charge in [0.2, 0.25) is 11.8 Å². The van der Waals surface area contributed by atoms with Crippen molar-refractivity contribution in [2.45, 2.75) is 52.6 Å². The maximum Gasteiger partial charge on any atom is 0.247 e. The standard InChI is InChI=1S/C24H34N4O2/c1-16(2)22-13-19(14-23-26-27-24(30-23)18-4-8-25-9-5-18)17(3)12-20(22)15-28-10-6-21(29)7-11-28/h4-5,8-9,12,16,19-22,29H,6-7,10-11,13-15H2,1-3H3/t19-,20-,22-/m0/s1. The van der Waals surface area contributed by atoms with Crippen molar-refractivity contribution in [1.82, 2.24) is 20.1 Å². The molecule has 0 radical (unpaired) electrons. The fraction of sp³-hybridized carbons (Fsp3) is 0.625. The third kappa shape index (κ3) is 4.98. The molecular formula is C24H34N4O2. The normalized spacial score (nSPS) is 26.2. The minimum atomic E-state index is -0.110. The molecule has 4 rings (SSSR count). The van der Waals surface area contributed by atoms with Gasteiger partial charge in [-0.15, -0.1) is 10.2 Å². The molecule has 1 aliphatic carbocycles. The predicted molar refractivity (Wildman–Crippen MR) is 117 cm³/mol. The minimum absolute atomic E-state index is 0.110. The first-order valence-corrected chi connectivity index (χ1v) is 11.3. The van der Waals surface area contributed by atoms with Crippen LogP contribution in [-0.4, -0.2) is 50.9 Å². The zero-order valence-corrected chi connectivity index (χ0v) is 18.4. The van der Waals surface area contributed by atoms with Crippen LogP contribution in [0.4, 0.5) is 0 Å². The van der Waals surface area contributed by atoms with Crippen LogP contribution in [0.15, 0.2) is 40.6 Å². The molecule has 2 aromatic heterocycles. The molecule has 0 bridgehead atoms. The van der Waals surface area contributed by atoms with Crippen molar-refractivity contribution in [1.29, 1.82) is 0 Å². The van der Waals surface area contributed by atoms with Gasteiger partial charge in [-0.05, 0) is 62.0 Å². The molecule has 0 unspecified atom stereocenters. The Morgan fingerprint density at radius 2 is 1.90 bits per heavy atom. The summed E-state index contributed by atoms with van der Waals surface area (Å²) < 4.78 is 5.97. The van der Waals surface area contributed by atoms with Crippen molar-refractivity contribution in [3.63, 3.8) is 0 Å². The number of aliphatic hydroxyl groups excluding tert-OH is 1. The number of nitrogens with zero attached hydrogens (tertiary/aromatic N) is 4. The van der Waals surface area contributed by atoms with Gasteiger partial charge < -0.3 is 14.4 Å². The van der Waals surface area contributed by atoms with Gasteiger partial charge in [-0.1, -0.05) is 25.5 Å². The summed E-state index contributed by atoms with van der Waals surface area (Å²) >= 11 is 0. The van der Waals surface area contributed by atoms with Crippen LogP contribution in [0.5, 0.6) is 0 Å². The summed E-state index contributed by atoms with van der Waals surface area (Å²) in [6, 6.07) is 3.78. The van der Waals surface area contributed by atoms with Crippen molar-refractivity contribution in [3.05, 3.63) is 42.1 Å². The molecule has 2 aliphatic rings. The summed E-state index contributed by atoms with van der Waals surface area (Å²) in [5.41, 5.74) is 2.35. The molecule has 6 nitrogen and oxygen atoms in total. The topological polar surface area (TPSA) is 75.3 Å². The van der Waals surface area contributed by atoms with Gasteiger partial charge in [0.05, 0.1) is 6.10 Å². The first kappa shape index (κ1) is 21.2. The number of hydrogen-bond acceptors (Lipinski definition) is 6. The smallest absolute Gasteiger partial charge is 0.247 e. The van der Waals surface area contributed by atoms with Crippen LogP contribution in [0.2, 0.25) is 0 Å².